The van der Waals surface area contributed by atoms with Gasteiger partial charge in [0.2, 0.25) is 0 Å². The van der Waals surface area contributed by atoms with Crippen LogP contribution in [-0.2, 0) is 17.3 Å². The molecule has 254 valence electrons. The zero-order valence-electron chi connectivity index (χ0n) is 31.3. The number of rotatable bonds is 6. The van der Waals surface area contributed by atoms with Gasteiger partial charge >= 0.3 is 0 Å². The van der Waals surface area contributed by atoms with E-state index in [2.05, 4.69) is 152 Å². The Kier molecular flexibility index (Phi) is 9.39. The number of aryl methyl sites for hydroxylation is 3. The van der Waals surface area contributed by atoms with Crippen LogP contribution in [0.1, 0.15) is 81.8 Å². The molecule has 0 aliphatic rings. The highest BCUT2D eigenvalue weighted by molar-refractivity contribution is 5.87. The molecule has 0 saturated carbocycles. The van der Waals surface area contributed by atoms with E-state index in [9.17, 15) is 0 Å². The second-order valence-electron chi connectivity index (χ2n) is 15.8. The minimum Gasteiger partial charge on any atom is -0.236 e. The van der Waals surface area contributed by atoms with E-state index in [-0.39, 0.29) is 16.6 Å². The van der Waals surface area contributed by atoms with Crippen LogP contribution >= 0.6 is 0 Å². The maximum absolute atomic E-state index is 15.5. The summed E-state index contributed by atoms with van der Waals surface area (Å²) in [5.74, 6) is 0.340. The standard InChI is InChI=1S/C47H49FN2/c1-11-32-27-49-45(50-28-32)35-16-21-44(48)43(24-35)40-23-29(2)39(22-30(40)3)36-25-41(33-12-17-37(18-13-33)46(5,6)7)31(4)42(26-36)34-14-19-38(20-15-34)47(8,9)10/h12-28H,11H2,1-10H3. The molecule has 0 aliphatic carbocycles. The summed E-state index contributed by atoms with van der Waals surface area (Å²) in [4.78, 5) is 9.10. The molecule has 3 heteroatoms. The molecule has 0 aliphatic heterocycles. The molecule has 6 rings (SSSR count). The Labute approximate surface area is 298 Å². The van der Waals surface area contributed by atoms with Crippen molar-refractivity contribution in [3.63, 3.8) is 0 Å². The van der Waals surface area contributed by atoms with Crippen LogP contribution in [0.5, 0.6) is 0 Å². The summed E-state index contributed by atoms with van der Waals surface area (Å²) in [6.07, 6.45) is 4.56. The number of aromatic nitrogens is 2. The zero-order valence-corrected chi connectivity index (χ0v) is 31.3. The molecule has 0 saturated heterocycles. The summed E-state index contributed by atoms with van der Waals surface area (Å²) < 4.78 is 15.5. The van der Waals surface area contributed by atoms with E-state index in [0.29, 0.717) is 11.4 Å². The van der Waals surface area contributed by atoms with E-state index in [1.54, 1.807) is 6.07 Å². The highest BCUT2D eigenvalue weighted by Crippen LogP contribution is 2.41. The van der Waals surface area contributed by atoms with Gasteiger partial charge in [-0.25, -0.2) is 14.4 Å². The SMILES string of the molecule is CCc1cnc(-c2ccc(F)c(-c3cc(C)c(-c4cc(-c5ccc(C(C)(C)C)cc5)c(C)c(-c5ccc(C(C)(C)C)cc5)c4)cc3C)c2)nc1. The van der Waals surface area contributed by atoms with Crippen molar-refractivity contribution < 1.29 is 4.39 Å². The molecule has 6 aromatic rings. The van der Waals surface area contributed by atoms with Crippen LogP contribution in [0.15, 0.2) is 103 Å². The highest BCUT2D eigenvalue weighted by Gasteiger charge is 2.19. The van der Waals surface area contributed by atoms with E-state index >= 15 is 4.39 Å². The topological polar surface area (TPSA) is 25.8 Å². The fraction of sp³-hybridized carbons (Fsp3) is 0.277. The summed E-state index contributed by atoms with van der Waals surface area (Å²) in [5, 5.41) is 0. The summed E-state index contributed by atoms with van der Waals surface area (Å²) in [6, 6.07) is 32.2. The second kappa shape index (κ2) is 13.4. The molecule has 0 radical (unpaired) electrons. The normalized spacial score (nSPS) is 12.0. The maximum Gasteiger partial charge on any atom is 0.159 e. The molecule has 0 amide bonds. The number of benzene rings is 5. The molecule has 0 fully saturated rings. The molecule has 0 spiro atoms. The van der Waals surface area contributed by atoms with Gasteiger partial charge in [0.25, 0.3) is 0 Å². The Morgan fingerprint density at radius 1 is 0.500 bits per heavy atom. The molecular formula is C47H49FN2. The summed E-state index contributed by atoms with van der Waals surface area (Å²) in [7, 11) is 0. The van der Waals surface area contributed by atoms with E-state index < -0.39 is 0 Å². The predicted molar refractivity (Wildman–Crippen MR) is 210 cm³/mol. The lowest BCUT2D eigenvalue weighted by Crippen LogP contribution is -2.10. The van der Waals surface area contributed by atoms with Gasteiger partial charge in [0.15, 0.2) is 5.82 Å². The van der Waals surface area contributed by atoms with Gasteiger partial charge in [0, 0.05) is 23.5 Å². The van der Waals surface area contributed by atoms with Gasteiger partial charge < -0.3 is 0 Å². The number of hydrogen-bond donors (Lipinski definition) is 0. The number of halogens is 1. The third-order valence-electron chi connectivity index (χ3n) is 10.0. The lowest BCUT2D eigenvalue weighted by atomic mass is 9.83. The predicted octanol–water partition coefficient (Wildman–Crippen LogP) is 13.0. The fourth-order valence-electron chi connectivity index (χ4n) is 6.74. The van der Waals surface area contributed by atoms with Gasteiger partial charge in [0.05, 0.1) is 0 Å². The van der Waals surface area contributed by atoms with Crippen LogP contribution in [0.3, 0.4) is 0 Å². The third-order valence-corrected chi connectivity index (χ3v) is 10.0. The van der Waals surface area contributed by atoms with Crippen molar-refractivity contribution >= 4 is 0 Å². The van der Waals surface area contributed by atoms with Crippen molar-refractivity contribution in [3.05, 3.63) is 143 Å². The first-order chi connectivity index (χ1) is 23.6. The summed E-state index contributed by atoms with van der Waals surface area (Å²) in [6.45, 7) is 22.0. The quantitative estimate of drug-likeness (QED) is 0.178. The molecule has 50 heavy (non-hydrogen) atoms. The van der Waals surface area contributed by atoms with Crippen LogP contribution in [0.2, 0.25) is 0 Å². The van der Waals surface area contributed by atoms with Crippen LogP contribution in [-0.4, -0.2) is 9.97 Å². The first-order valence-corrected chi connectivity index (χ1v) is 17.7. The molecule has 1 aromatic heterocycles. The lowest BCUT2D eigenvalue weighted by Gasteiger charge is -2.22. The average molecular weight is 661 g/mol. The largest absolute Gasteiger partial charge is 0.236 e. The van der Waals surface area contributed by atoms with Gasteiger partial charge in [-0.1, -0.05) is 109 Å². The number of hydrogen-bond acceptors (Lipinski definition) is 2. The summed E-state index contributed by atoms with van der Waals surface area (Å²) in [5.41, 5.74) is 16.6. The smallest absolute Gasteiger partial charge is 0.159 e. The van der Waals surface area contributed by atoms with Gasteiger partial charge in [-0.2, -0.15) is 0 Å². The Hall–Kier alpha value is -4.89. The molecule has 0 bridgehead atoms. The molecular weight excluding hydrogens is 612 g/mol. The van der Waals surface area contributed by atoms with E-state index in [1.807, 2.05) is 18.5 Å². The molecule has 0 N–H and O–H groups in total. The van der Waals surface area contributed by atoms with Gasteiger partial charge in [-0.3, -0.25) is 0 Å². The van der Waals surface area contributed by atoms with E-state index in [0.717, 1.165) is 45.4 Å². The van der Waals surface area contributed by atoms with Crippen molar-refractivity contribution in [2.45, 2.75) is 86.5 Å². The van der Waals surface area contributed by atoms with Gasteiger partial charge in [-0.15, -0.1) is 0 Å². The second-order valence-corrected chi connectivity index (χ2v) is 15.8. The molecule has 1 heterocycles. The van der Waals surface area contributed by atoms with Crippen LogP contribution in [0.4, 0.5) is 4.39 Å². The van der Waals surface area contributed by atoms with Crippen molar-refractivity contribution in [3.8, 4) is 55.9 Å². The van der Waals surface area contributed by atoms with Crippen LogP contribution in [0.25, 0.3) is 55.9 Å². The number of nitrogens with zero attached hydrogens (tertiary/aromatic N) is 2. The zero-order chi connectivity index (χ0) is 36.0. The van der Waals surface area contributed by atoms with Crippen molar-refractivity contribution in [2.75, 3.05) is 0 Å². The van der Waals surface area contributed by atoms with Crippen molar-refractivity contribution in [2.24, 2.45) is 0 Å². The molecule has 0 atom stereocenters. The Morgan fingerprint density at radius 3 is 1.42 bits per heavy atom. The minimum absolute atomic E-state index is 0.0808. The van der Waals surface area contributed by atoms with E-state index in [1.165, 1.54) is 45.0 Å². The van der Waals surface area contributed by atoms with Gasteiger partial charge in [0.1, 0.15) is 5.82 Å². The lowest BCUT2D eigenvalue weighted by molar-refractivity contribution is 0.590. The van der Waals surface area contributed by atoms with E-state index in [4.69, 9.17) is 0 Å². The Bertz CT molecular complexity index is 2080. The van der Waals surface area contributed by atoms with Crippen molar-refractivity contribution in [1.82, 2.24) is 9.97 Å². The Balaban J connectivity index is 1.48. The first-order valence-electron chi connectivity index (χ1n) is 17.7. The highest BCUT2D eigenvalue weighted by atomic mass is 19.1. The first kappa shape index (κ1) is 35.0. The Morgan fingerprint density at radius 2 is 0.940 bits per heavy atom. The molecule has 2 nitrogen and oxygen atoms in total. The minimum atomic E-state index is -0.258. The van der Waals surface area contributed by atoms with Crippen LogP contribution < -0.4 is 0 Å². The summed E-state index contributed by atoms with van der Waals surface area (Å²) >= 11 is 0. The third kappa shape index (κ3) is 7.05. The van der Waals surface area contributed by atoms with Gasteiger partial charge in [-0.05, 0) is 141 Å². The van der Waals surface area contributed by atoms with Crippen molar-refractivity contribution in [1.29, 1.82) is 0 Å². The monoisotopic (exact) mass is 660 g/mol. The average Bonchev–Trinajstić information content (AvgIpc) is 3.09. The molecule has 5 aromatic carbocycles. The van der Waals surface area contributed by atoms with Crippen LogP contribution in [0, 0.1) is 26.6 Å². The molecule has 0 unspecified atom stereocenters. The maximum atomic E-state index is 15.5. The fourth-order valence-corrected chi connectivity index (χ4v) is 6.74.